The van der Waals surface area contributed by atoms with Crippen LogP contribution in [0.25, 0.3) is 5.82 Å². The van der Waals surface area contributed by atoms with Gasteiger partial charge in [0, 0.05) is 15.7 Å². The van der Waals surface area contributed by atoms with Crippen LogP contribution in [-0.2, 0) is 5.75 Å². The Morgan fingerprint density at radius 1 is 1.28 bits per heavy atom. The number of hydrazone groups is 1. The van der Waals surface area contributed by atoms with Gasteiger partial charge in [-0.2, -0.15) is 9.78 Å². The average Bonchev–Trinajstić information content (AvgIpc) is 3.39. The van der Waals surface area contributed by atoms with Crippen LogP contribution in [0.2, 0.25) is 5.02 Å². The summed E-state index contributed by atoms with van der Waals surface area (Å²) in [5, 5.41) is 19.6. The van der Waals surface area contributed by atoms with Crippen LogP contribution in [0.15, 0.2) is 63.2 Å². The predicted octanol–water partition coefficient (Wildman–Crippen LogP) is 3.08. The molecule has 4 aromatic rings. The zero-order valence-corrected chi connectivity index (χ0v) is 17.7. The molecule has 13 heteroatoms. The molecule has 4 rings (SSSR count). The fraction of sp³-hybridized carbons (Fsp3) is 0.0526. The van der Waals surface area contributed by atoms with Crippen LogP contribution < -0.4 is 11.2 Å². The number of nitrogens with zero attached hydrogens (tertiary/aromatic N) is 6. The van der Waals surface area contributed by atoms with Gasteiger partial charge in [-0.1, -0.05) is 28.9 Å². The topological polar surface area (TPSA) is 137 Å². The number of benzene rings is 2. The van der Waals surface area contributed by atoms with E-state index in [2.05, 4.69) is 35.8 Å². The zero-order chi connectivity index (χ0) is 22.5. The minimum absolute atomic E-state index is 0.00487. The molecule has 162 valence electrons. The number of nitrogens with one attached hydrogen (secondary N) is 1. The van der Waals surface area contributed by atoms with Crippen LogP contribution in [0, 0.1) is 5.82 Å². The highest BCUT2D eigenvalue weighted by molar-refractivity contribution is 7.98. The van der Waals surface area contributed by atoms with Crippen molar-refractivity contribution in [3.63, 3.8) is 0 Å². The average molecular weight is 473 g/mol. The van der Waals surface area contributed by atoms with Gasteiger partial charge in [-0.05, 0) is 52.3 Å². The van der Waals surface area contributed by atoms with Crippen molar-refractivity contribution < 1.29 is 13.8 Å². The van der Waals surface area contributed by atoms with E-state index in [4.69, 9.17) is 17.3 Å². The van der Waals surface area contributed by atoms with E-state index in [0.717, 1.165) is 4.90 Å². The molecule has 0 radical (unpaired) electrons. The third-order valence-electron chi connectivity index (χ3n) is 4.09. The number of halogens is 2. The molecule has 0 spiro atoms. The second kappa shape index (κ2) is 9.58. The van der Waals surface area contributed by atoms with Crippen LogP contribution >= 0.6 is 23.4 Å². The van der Waals surface area contributed by atoms with Gasteiger partial charge in [-0.15, -0.1) is 16.9 Å². The van der Waals surface area contributed by atoms with E-state index >= 15 is 0 Å². The van der Waals surface area contributed by atoms with E-state index in [0.29, 0.717) is 16.3 Å². The van der Waals surface area contributed by atoms with Crippen molar-refractivity contribution in [1.29, 1.82) is 0 Å². The summed E-state index contributed by atoms with van der Waals surface area (Å²) >= 11 is 7.35. The van der Waals surface area contributed by atoms with Crippen molar-refractivity contribution in [2.24, 2.45) is 5.10 Å². The highest BCUT2D eigenvalue weighted by atomic mass is 35.5. The molecule has 32 heavy (non-hydrogen) atoms. The first-order valence-corrected chi connectivity index (χ1v) is 10.4. The van der Waals surface area contributed by atoms with Crippen LogP contribution in [-0.4, -0.2) is 37.4 Å². The summed E-state index contributed by atoms with van der Waals surface area (Å²) in [6.45, 7) is 0. The molecule has 0 aliphatic heterocycles. The number of anilines is 1. The Bertz CT molecular complexity index is 1270. The maximum absolute atomic E-state index is 13.3. The highest BCUT2D eigenvalue weighted by Gasteiger charge is 2.24. The molecule has 0 atom stereocenters. The normalized spacial score (nSPS) is 11.2. The van der Waals surface area contributed by atoms with Crippen molar-refractivity contribution in [3.05, 3.63) is 76.3 Å². The standard InChI is InChI=1S/C19H14ClFN8O2S/c20-12-4-6-14(7-5-12)32-10-15-16(24-28-29(15)18-17(22)26-31-27-18)19(30)25-23-9-11-2-1-3-13(21)8-11/h1-9H,10H2,(H2,22,26)(H,25,30)/b23-9+. The van der Waals surface area contributed by atoms with E-state index in [-0.39, 0.29) is 23.1 Å². The van der Waals surface area contributed by atoms with E-state index in [1.165, 1.54) is 40.9 Å². The lowest BCUT2D eigenvalue weighted by Crippen LogP contribution is -2.20. The summed E-state index contributed by atoms with van der Waals surface area (Å²) in [6, 6.07) is 13.0. The molecular weight excluding hydrogens is 459 g/mol. The quantitative estimate of drug-likeness (QED) is 0.238. The van der Waals surface area contributed by atoms with E-state index in [1.54, 1.807) is 18.2 Å². The largest absolute Gasteiger partial charge is 0.378 e. The van der Waals surface area contributed by atoms with E-state index < -0.39 is 11.7 Å². The minimum Gasteiger partial charge on any atom is -0.378 e. The monoisotopic (exact) mass is 472 g/mol. The summed E-state index contributed by atoms with van der Waals surface area (Å²) in [4.78, 5) is 13.6. The Morgan fingerprint density at radius 3 is 2.81 bits per heavy atom. The second-order valence-electron chi connectivity index (χ2n) is 6.27. The summed E-state index contributed by atoms with van der Waals surface area (Å²) < 4.78 is 19.2. The number of nitrogens with two attached hydrogens (primary N) is 1. The van der Waals surface area contributed by atoms with Crippen molar-refractivity contribution >= 4 is 41.3 Å². The zero-order valence-electron chi connectivity index (χ0n) is 16.1. The van der Waals surface area contributed by atoms with Crippen molar-refractivity contribution in [2.75, 3.05) is 5.73 Å². The summed E-state index contributed by atoms with van der Waals surface area (Å²) in [7, 11) is 0. The lowest BCUT2D eigenvalue weighted by Gasteiger charge is -2.06. The Labute approximate surface area is 189 Å². The number of nitrogen functional groups attached to an aromatic ring is 1. The molecular formula is C19H14ClFN8O2S. The van der Waals surface area contributed by atoms with Crippen LogP contribution in [0.1, 0.15) is 21.7 Å². The molecule has 0 fully saturated rings. The molecule has 0 bridgehead atoms. The summed E-state index contributed by atoms with van der Waals surface area (Å²) in [5.74, 6) is -0.651. The molecule has 2 aromatic carbocycles. The molecule has 1 amide bonds. The summed E-state index contributed by atoms with van der Waals surface area (Å²) in [5.41, 5.74) is 9.02. The molecule has 2 heterocycles. The maximum atomic E-state index is 13.3. The number of carbonyl (C=O) groups is 1. The first-order valence-electron chi connectivity index (χ1n) is 9.01. The van der Waals surface area contributed by atoms with Crippen molar-refractivity contribution in [1.82, 2.24) is 30.7 Å². The van der Waals surface area contributed by atoms with Gasteiger partial charge in [0.15, 0.2) is 5.69 Å². The van der Waals surface area contributed by atoms with Gasteiger partial charge in [-0.3, -0.25) is 4.79 Å². The Morgan fingerprint density at radius 2 is 2.09 bits per heavy atom. The van der Waals surface area contributed by atoms with E-state index in [1.807, 2.05) is 12.1 Å². The predicted molar refractivity (Wildman–Crippen MR) is 116 cm³/mol. The SMILES string of the molecule is Nc1nonc1-n1nnc(C(=O)N/N=C/c2cccc(F)c2)c1CSc1ccc(Cl)cc1. The molecule has 0 saturated carbocycles. The van der Waals surface area contributed by atoms with Crippen molar-refractivity contribution in [3.8, 4) is 5.82 Å². The van der Waals surface area contributed by atoms with Gasteiger partial charge >= 0.3 is 0 Å². The van der Waals surface area contributed by atoms with Gasteiger partial charge in [0.1, 0.15) is 5.82 Å². The van der Waals surface area contributed by atoms with Crippen molar-refractivity contribution in [2.45, 2.75) is 10.6 Å². The van der Waals surface area contributed by atoms with Gasteiger partial charge in [0.2, 0.25) is 11.6 Å². The van der Waals surface area contributed by atoms with Crippen LogP contribution in [0.3, 0.4) is 0 Å². The van der Waals surface area contributed by atoms with E-state index in [9.17, 15) is 9.18 Å². The number of amides is 1. The minimum atomic E-state index is -0.620. The number of hydrogen-bond acceptors (Lipinski definition) is 9. The Kier molecular flexibility index (Phi) is 6.42. The van der Waals surface area contributed by atoms with Gasteiger partial charge in [-0.25, -0.2) is 14.4 Å². The fourth-order valence-electron chi connectivity index (χ4n) is 2.60. The fourth-order valence-corrected chi connectivity index (χ4v) is 3.62. The molecule has 2 aromatic heterocycles. The number of rotatable bonds is 7. The highest BCUT2D eigenvalue weighted by Crippen LogP contribution is 2.27. The molecule has 3 N–H and O–H groups in total. The number of hydrogen-bond donors (Lipinski definition) is 2. The van der Waals surface area contributed by atoms with Crippen LogP contribution in [0.4, 0.5) is 10.2 Å². The first kappa shape index (κ1) is 21.5. The molecule has 0 aliphatic rings. The number of aromatic nitrogens is 5. The first-order chi connectivity index (χ1) is 15.5. The Balaban J connectivity index is 1.57. The third-order valence-corrected chi connectivity index (χ3v) is 5.37. The molecule has 0 aliphatic carbocycles. The molecule has 0 saturated heterocycles. The lowest BCUT2D eigenvalue weighted by molar-refractivity contribution is 0.0949. The molecule has 10 nitrogen and oxygen atoms in total. The van der Waals surface area contributed by atoms with Gasteiger partial charge < -0.3 is 5.73 Å². The summed E-state index contributed by atoms with van der Waals surface area (Å²) in [6.07, 6.45) is 1.31. The Hall–Kier alpha value is -3.77. The maximum Gasteiger partial charge on any atom is 0.293 e. The smallest absolute Gasteiger partial charge is 0.293 e. The van der Waals surface area contributed by atoms with Gasteiger partial charge in [0.05, 0.1) is 11.9 Å². The second-order valence-corrected chi connectivity index (χ2v) is 7.75. The number of carbonyl (C=O) groups excluding carboxylic acids is 1. The lowest BCUT2D eigenvalue weighted by atomic mass is 10.2. The van der Waals surface area contributed by atoms with Gasteiger partial charge in [0.25, 0.3) is 5.91 Å². The van der Waals surface area contributed by atoms with Crippen LogP contribution in [0.5, 0.6) is 0 Å². The third kappa shape index (κ3) is 4.92. The number of thioether (sulfide) groups is 1. The molecule has 0 unspecified atom stereocenters.